The quantitative estimate of drug-likeness (QED) is 0.278. The molecule has 3 aromatic carbocycles. The summed E-state index contributed by atoms with van der Waals surface area (Å²) in [5.41, 5.74) is 1.69. The van der Waals surface area contributed by atoms with E-state index in [9.17, 15) is 14.0 Å². The largest absolute Gasteiger partial charge is 0.491 e. The molecule has 9 nitrogen and oxygen atoms in total. The highest BCUT2D eigenvalue weighted by atomic mass is 19.1. The Morgan fingerprint density at radius 3 is 2.51 bits per heavy atom. The van der Waals surface area contributed by atoms with E-state index in [4.69, 9.17) is 14.2 Å². The first kappa shape index (κ1) is 27.9. The second kappa shape index (κ2) is 12.6. The second-order valence-electron chi connectivity index (χ2n) is 9.89. The van der Waals surface area contributed by atoms with Crippen LogP contribution in [0.4, 0.5) is 10.1 Å². The smallest absolute Gasteiger partial charge is 0.313 e. The number of hydrogen-bond acceptors (Lipinski definition) is 7. The summed E-state index contributed by atoms with van der Waals surface area (Å²) in [5.74, 6) is -0.577. The second-order valence-corrected chi connectivity index (χ2v) is 9.89. The molecule has 0 spiro atoms. The van der Waals surface area contributed by atoms with Gasteiger partial charge in [-0.25, -0.2) is 4.39 Å². The molecule has 212 valence electrons. The third-order valence-electron chi connectivity index (χ3n) is 6.77. The Morgan fingerprint density at radius 1 is 1.00 bits per heavy atom. The van der Waals surface area contributed by atoms with Gasteiger partial charge in [-0.15, -0.1) is 0 Å². The SMILES string of the molecule is COc1c(OCC2CN(C)C2)ccc2c(Oc3ccc(NC(=O)C(=O)NCCc4ccccc4)cc3F)ccnc12. The van der Waals surface area contributed by atoms with Crippen LogP contribution in [0.5, 0.6) is 23.0 Å². The molecule has 0 bridgehead atoms. The van der Waals surface area contributed by atoms with Crippen molar-refractivity contribution in [2.75, 3.05) is 45.7 Å². The van der Waals surface area contributed by atoms with E-state index in [1.807, 2.05) is 30.3 Å². The highest BCUT2D eigenvalue weighted by Gasteiger charge is 2.24. The Labute approximate surface area is 237 Å². The minimum Gasteiger partial charge on any atom is -0.491 e. The van der Waals surface area contributed by atoms with Gasteiger partial charge in [-0.3, -0.25) is 14.6 Å². The molecule has 0 radical (unpaired) electrons. The van der Waals surface area contributed by atoms with Crippen LogP contribution in [0.1, 0.15) is 5.56 Å². The molecule has 41 heavy (non-hydrogen) atoms. The molecule has 4 aromatic rings. The minimum absolute atomic E-state index is 0.0591. The molecule has 1 fully saturated rings. The lowest BCUT2D eigenvalue weighted by Crippen LogP contribution is -2.46. The van der Waals surface area contributed by atoms with E-state index < -0.39 is 17.6 Å². The van der Waals surface area contributed by atoms with Crippen molar-refractivity contribution in [1.82, 2.24) is 15.2 Å². The molecule has 0 unspecified atom stereocenters. The molecule has 10 heteroatoms. The van der Waals surface area contributed by atoms with Crippen molar-refractivity contribution < 1.29 is 28.2 Å². The van der Waals surface area contributed by atoms with Crippen LogP contribution >= 0.6 is 0 Å². The van der Waals surface area contributed by atoms with E-state index in [2.05, 4.69) is 27.6 Å². The number of methoxy groups -OCH3 is 1. The molecule has 0 atom stereocenters. The lowest BCUT2D eigenvalue weighted by molar-refractivity contribution is -0.136. The average Bonchev–Trinajstić information content (AvgIpc) is 2.96. The fourth-order valence-electron chi connectivity index (χ4n) is 4.70. The van der Waals surface area contributed by atoms with E-state index in [1.54, 1.807) is 31.5 Å². The number of halogens is 1. The van der Waals surface area contributed by atoms with Crippen LogP contribution in [-0.4, -0.2) is 62.1 Å². The van der Waals surface area contributed by atoms with Gasteiger partial charge in [-0.1, -0.05) is 30.3 Å². The summed E-state index contributed by atoms with van der Waals surface area (Å²) < 4.78 is 32.5. The van der Waals surface area contributed by atoms with E-state index >= 15 is 0 Å². The number of fused-ring (bicyclic) bond motifs is 1. The number of benzene rings is 3. The number of anilines is 1. The molecule has 1 aliphatic rings. The van der Waals surface area contributed by atoms with Crippen molar-refractivity contribution in [1.29, 1.82) is 0 Å². The van der Waals surface area contributed by atoms with Gasteiger partial charge in [0, 0.05) is 48.9 Å². The summed E-state index contributed by atoms with van der Waals surface area (Å²) in [6.45, 7) is 2.85. The van der Waals surface area contributed by atoms with E-state index in [0.29, 0.717) is 53.6 Å². The molecule has 1 saturated heterocycles. The molecule has 1 aliphatic heterocycles. The van der Waals surface area contributed by atoms with Crippen molar-refractivity contribution in [3.63, 3.8) is 0 Å². The van der Waals surface area contributed by atoms with Gasteiger partial charge in [-0.2, -0.15) is 0 Å². The number of aromatic nitrogens is 1. The van der Waals surface area contributed by atoms with Crippen LogP contribution in [0.15, 0.2) is 72.9 Å². The number of carbonyl (C=O) groups is 2. The molecular formula is C31H31FN4O5. The van der Waals surface area contributed by atoms with Crippen LogP contribution in [-0.2, 0) is 16.0 Å². The Hall–Kier alpha value is -4.70. The number of rotatable bonds is 10. The highest BCUT2D eigenvalue weighted by Crippen LogP contribution is 2.40. The van der Waals surface area contributed by atoms with Crippen molar-refractivity contribution in [3.05, 3.63) is 84.3 Å². The Kier molecular flexibility index (Phi) is 8.59. The van der Waals surface area contributed by atoms with Crippen LogP contribution in [0.2, 0.25) is 0 Å². The standard InChI is InChI=1S/C31H31FN4O5/c1-36-17-21(18-36)19-40-27-11-9-23-25(13-15-33-28(23)29(27)39-2)41-26-10-8-22(16-24(26)32)35-31(38)30(37)34-14-12-20-6-4-3-5-7-20/h3-11,13,15-16,21H,12,14,17-19H2,1-2H3,(H,34,37)(H,35,38). The summed E-state index contributed by atoms with van der Waals surface area (Å²) in [5, 5.41) is 5.59. The van der Waals surface area contributed by atoms with E-state index in [1.165, 1.54) is 12.1 Å². The number of likely N-dealkylation sites (tertiary alicyclic amines) is 1. The number of carbonyl (C=O) groups excluding carboxylic acids is 2. The molecule has 2 amide bonds. The maximum absolute atomic E-state index is 15.0. The van der Waals surface area contributed by atoms with Gasteiger partial charge < -0.3 is 29.7 Å². The summed E-state index contributed by atoms with van der Waals surface area (Å²) in [4.78, 5) is 31.1. The van der Waals surface area contributed by atoms with Crippen molar-refractivity contribution in [2.45, 2.75) is 6.42 Å². The van der Waals surface area contributed by atoms with Crippen LogP contribution in [0.3, 0.4) is 0 Å². The van der Waals surface area contributed by atoms with Gasteiger partial charge in [0.2, 0.25) is 0 Å². The van der Waals surface area contributed by atoms with Crippen LogP contribution < -0.4 is 24.8 Å². The van der Waals surface area contributed by atoms with Crippen molar-refractivity contribution >= 4 is 28.4 Å². The summed E-state index contributed by atoms with van der Waals surface area (Å²) in [6.07, 6.45) is 2.14. The van der Waals surface area contributed by atoms with Gasteiger partial charge in [0.1, 0.15) is 11.3 Å². The zero-order valence-electron chi connectivity index (χ0n) is 22.9. The number of nitrogens with zero attached hydrogens (tertiary/aromatic N) is 2. The monoisotopic (exact) mass is 558 g/mol. The van der Waals surface area contributed by atoms with Gasteiger partial charge in [0.05, 0.1) is 13.7 Å². The lowest BCUT2D eigenvalue weighted by atomic mass is 10.0. The van der Waals surface area contributed by atoms with Gasteiger partial charge in [0.15, 0.2) is 23.1 Å². The van der Waals surface area contributed by atoms with Gasteiger partial charge in [0.25, 0.3) is 0 Å². The number of pyridine rings is 1. The zero-order chi connectivity index (χ0) is 28.8. The molecule has 5 rings (SSSR count). The maximum Gasteiger partial charge on any atom is 0.313 e. The number of ether oxygens (including phenoxy) is 3. The van der Waals surface area contributed by atoms with Crippen LogP contribution in [0.25, 0.3) is 10.9 Å². The van der Waals surface area contributed by atoms with E-state index in [0.717, 1.165) is 24.7 Å². The zero-order valence-corrected chi connectivity index (χ0v) is 22.9. The Balaban J connectivity index is 1.22. The first-order chi connectivity index (χ1) is 19.9. The van der Waals surface area contributed by atoms with Crippen LogP contribution in [0, 0.1) is 11.7 Å². The number of amides is 2. The molecule has 0 saturated carbocycles. The average molecular weight is 559 g/mol. The molecule has 0 aliphatic carbocycles. The van der Waals surface area contributed by atoms with Gasteiger partial charge >= 0.3 is 11.8 Å². The third-order valence-corrected chi connectivity index (χ3v) is 6.77. The highest BCUT2D eigenvalue weighted by molar-refractivity contribution is 6.39. The van der Waals surface area contributed by atoms with Crippen molar-refractivity contribution in [2.24, 2.45) is 5.92 Å². The molecule has 2 N–H and O–H groups in total. The fourth-order valence-corrected chi connectivity index (χ4v) is 4.70. The molecule has 2 heterocycles. The fraction of sp³-hybridized carbons (Fsp3) is 0.258. The predicted molar refractivity (Wildman–Crippen MR) is 153 cm³/mol. The lowest BCUT2D eigenvalue weighted by Gasteiger charge is -2.35. The maximum atomic E-state index is 15.0. The topological polar surface area (TPSA) is 102 Å². The van der Waals surface area contributed by atoms with Crippen molar-refractivity contribution in [3.8, 4) is 23.0 Å². The summed E-state index contributed by atoms with van der Waals surface area (Å²) in [6, 6.07) is 18.7. The number of hydrogen-bond donors (Lipinski definition) is 2. The summed E-state index contributed by atoms with van der Waals surface area (Å²) in [7, 11) is 3.61. The van der Waals surface area contributed by atoms with Gasteiger partial charge in [-0.05, 0) is 49.4 Å². The Bertz CT molecular complexity index is 1540. The minimum atomic E-state index is -0.888. The predicted octanol–water partition coefficient (Wildman–Crippen LogP) is 4.41. The molecule has 1 aromatic heterocycles. The first-order valence-electron chi connectivity index (χ1n) is 13.3. The molecular weight excluding hydrogens is 527 g/mol. The third kappa shape index (κ3) is 6.72. The number of nitrogens with one attached hydrogen (secondary N) is 2. The normalized spacial score (nSPS) is 13.3. The summed E-state index contributed by atoms with van der Waals surface area (Å²) >= 11 is 0. The van der Waals surface area contributed by atoms with E-state index in [-0.39, 0.29) is 11.4 Å². The Morgan fingerprint density at radius 2 is 1.78 bits per heavy atom. The first-order valence-corrected chi connectivity index (χ1v) is 13.3.